The summed E-state index contributed by atoms with van der Waals surface area (Å²) in [5.74, 6) is 0. The van der Waals surface area contributed by atoms with Crippen LogP contribution >= 0.6 is 0 Å². The number of quaternary nitrogens is 1. The van der Waals surface area contributed by atoms with Crippen LogP contribution in [0.4, 0.5) is 5.69 Å². The van der Waals surface area contributed by atoms with Gasteiger partial charge >= 0.3 is 0 Å². The van der Waals surface area contributed by atoms with Crippen LogP contribution in [0, 0.1) is 0 Å². The van der Waals surface area contributed by atoms with E-state index in [1.807, 2.05) is 79.9 Å². The minimum Gasteiger partial charge on any atom is -0.316 e. The fourth-order valence-electron chi connectivity index (χ4n) is 3.97. The molecule has 0 spiro atoms. The van der Waals surface area contributed by atoms with Gasteiger partial charge < -0.3 is 5.32 Å². The molecule has 0 amide bonds. The summed E-state index contributed by atoms with van der Waals surface area (Å²) in [6.07, 6.45) is 20.3. The van der Waals surface area contributed by atoms with Crippen LogP contribution in [0.25, 0.3) is 0 Å². The molecule has 1 heterocycles. The van der Waals surface area contributed by atoms with Crippen molar-refractivity contribution in [2.45, 2.75) is 39.8 Å². The van der Waals surface area contributed by atoms with E-state index in [1.165, 1.54) is 11.1 Å². The second kappa shape index (κ2) is 17.2. The molecule has 6 nitrogen and oxygen atoms in total. The third-order valence-corrected chi connectivity index (χ3v) is 6.53. The fraction of sp³-hybridized carbons (Fsp3) is 0.229. The molecule has 2 N–H and O–H groups in total. The van der Waals surface area contributed by atoms with Crippen molar-refractivity contribution in [1.82, 2.24) is 5.01 Å². The molecule has 0 atom stereocenters. The molecule has 212 valence electrons. The van der Waals surface area contributed by atoms with Gasteiger partial charge in [0.2, 0.25) is 0 Å². The standard InChI is InChI=1S/C35H43N6/c1-6-9-13-34(8-3)39(4)37-27-30(7-2)20-23-36-26-31-16-18-33(19-17-31)29-41-24-21-32(22-25-41)28-38-40(5)35-14-11-10-12-15-35/h7-8,10-25,27-28,36H,3,6,9,26,29H2,1-2,4-5H3/q+1/p+1/b23-20-,30-7+,34-13+,37-27+. The van der Waals surface area contributed by atoms with E-state index in [-0.39, 0.29) is 0 Å². The van der Waals surface area contributed by atoms with Crippen molar-refractivity contribution in [3.63, 3.8) is 0 Å². The zero-order valence-corrected chi connectivity index (χ0v) is 24.9. The highest BCUT2D eigenvalue weighted by atomic mass is 15.4. The molecule has 0 unspecified atom stereocenters. The van der Waals surface area contributed by atoms with E-state index < -0.39 is 0 Å². The van der Waals surface area contributed by atoms with E-state index in [0.717, 1.165) is 48.5 Å². The Morgan fingerprint density at radius 3 is 2.32 bits per heavy atom. The summed E-state index contributed by atoms with van der Waals surface area (Å²) in [5, 5.41) is 15.0. The average Bonchev–Trinajstić information content (AvgIpc) is 3.01. The van der Waals surface area contributed by atoms with Gasteiger partial charge in [-0.05, 0) is 43.2 Å². The normalized spacial score (nSPS) is 12.5. The van der Waals surface area contributed by atoms with Crippen LogP contribution < -0.4 is 14.9 Å². The van der Waals surface area contributed by atoms with E-state index in [1.54, 1.807) is 0 Å². The summed E-state index contributed by atoms with van der Waals surface area (Å²) < 4.78 is 2.18. The lowest BCUT2D eigenvalue weighted by Gasteiger charge is -2.13. The van der Waals surface area contributed by atoms with Crippen molar-refractivity contribution in [1.29, 1.82) is 0 Å². The third kappa shape index (κ3) is 10.9. The number of para-hydroxylation sites is 1. The van der Waals surface area contributed by atoms with E-state index in [9.17, 15) is 0 Å². The molecule has 0 aliphatic heterocycles. The Hall–Kier alpha value is -4.55. The molecule has 41 heavy (non-hydrogen) atoms. The molecular formula is C35H44N6+2. The maximum Gasteiger partial charge on any atom is 0.173 e. The number of anilines is 1. The lowest BCUT2D eigenvalue weighted by molar-refractivity contribution is -0.688. The summed E-state index contributed by atoms with van der Waals surface area (Å²) in [6.45, 7) is 9.79. The molecule has 0 aliphatic carbocycles. The topological polar surface area (TPSA) is 51.7 Å². The van der Waals surface area contributed by atoms with Gasteiger partial charge in [-0.1, -0.05) is 74.5 Å². The number of likely N-dealkylation sites (N-methyl/N-ethyl adjacent to an activating group) is 1. The zero-order valence-electron chi connectivity index (χ0n) is 24.9. The molecule has 2 aromatic carbocycles. The largest absolute Gasteiger partial charge is 0.316 e. The van der Waals surface area contributed by atoms with Gasteiger partial charge in [-0.2, -0.15) is 10.2 Å². The van der Waals surface area contributed by atoms with Crippen molar-refractivity contribution in [3.05, 3.63) is 144 Å². The van der Waals surface area contributed by atoms with E-state index >= 15 is 0 Å². The highest BCUT2D eigenvalue weighted by molar-refractivity contribution is 5.81. The first-order valence-corrected chi connectivity index (χ1v) is 14.2. The Kier molecular flexibility index (Phi) is 13.0. The van der Waals surface area contributed by atoms with Gasteiger partial charge in [-0.25, -0.2) is 4.57 Å². The monoisotopic (exact) mass is 548 g/mol. The van der Waals surface area contributed by atoms with E-state index in [2.05, 4.69) is 107 Å². The number of rotatable bonds is 15. The van der Waals surface area contributed by atoms with Crippen LogP contribution in [0.2, 0.25) is 0 Å². The van der Waals surface area contributed by atoms with Gasteiger partial charge in [0, 0.05) is 42.9 Å². The second-order valence-corrected chi connectivity index (χ2v) is 9.70. The van der Waals surface area contributed by atoms with Gasteiger partial charge in [-0.15, -0.1) is 0 Å². The van der Waals surface area contributed by atoms with Crippen molar-refractivity contribution in [2.24, 2.45) is 10.2 Å². The molecule has 0 aliphatic rings. The second-order valence-electron chi connectivity index (χ2n) is 9.70. The Labute approximate surface area is 246 Å². The highest BCUT2D eigenvalue weighted by Crippen LogP contribution is 2.11. The number of pyridine rings is 1. The first-order chi connectivity index (χ1) is 20.0. The summed E-state index contributed by atoms with van der Waals surface area (Å²) >= 11 is 0. The molecule has 0 bridgehead atoms. The number of allylic oxidation sites excluding steroid dienone is 5. The summed E-state index contributed by atoms with van der Waals surface area (Å²) in [5.41, 5.74) is 6.74. The lowest BCUT2D eigenvalue weighted by Crippen LogP contribution is -2.76. The summed E-state index contributed by atoms with van der Waals surface area (Å²) in [7, 11) is 3.90. The highest BCUT2D eigenvalue weighted by Gasteiger charge is 2.04. The van der Waals surface area contributed by atoms with Crippen molar-refractivity contribution >= 4 is 18.1 Å². The van der Waals surface area contributed by atoms with Gasteiger partial charge in [-0.3, -0.25) is 10.0 Å². The maximum atomic E-state index is 4.56. The van der Waals surface area contributed by atoms with Crippen LogP contribution in [0.1, 0.15) is 43.4 Å². The first-order valence-electron chi connectivity index (χ1n) is 14.2. The molecule has 0 radical (unpaired) electrons. The van der Waals surface area contributed by atoms with Crippen LogP contribution in [-0.2, 0) is 13.1 Å². The minimum atomic E-state index is 0.824. The van der Waals surface area contributed by atoms with Crippen LogP contribution in [0.3, 0.4) is 0 Å². The third-order valence-electron chi connectivity index (χ3n) is 6.53. The number of hydrogen-bond donors (Lipinski definition) is 1. The molecule has 6 heteroatoms. The SMILES string of the molecule is C=C/C(=C\CCC)N(C)/N=C/C(/C=C\[NH2+]Cc1ccc(C[n+]2ccc(/C=N/N(C)c3ccccc3)cc2)cc1)=C/C. The van der Waals surface area contributed by atoms with Crippen LogP contribution in [-0.4, -0.2) is 31.5 Å². The molecular weight excluding hydrogens is 504 g/mol. The smallest absolute Gasteiger partial charge is 0.173 e. The number of nitrogens with zero attached hydrogens (tertiary/aromatic N) is 5. The van der Waals surface area contributed by atoms with Gasteiger partial charge in [0.05, 0.1) is 30.0 Å². The summed E-state index contributed by atoms with van der Waals surface area (Å²) in [4.78, 5) is 0. The van der Waals surface area contributed by atoms with Crippen molar-refractivity contribution in [3.8, 4) is 0 Å². The lowest BCUT2D eigenvalue weighted by atomic mass is 10.1. The Bertz CT molecular complexity index is 1350. The van der Waals surface area contributed by atoms with Crippen molar-refractivity contribution in [2.75, 3.05) is 19.1 Å². The first kappa shape index (κ1) is 31.0. The fourth-order valence-corrected chi connectivity index (χ4v) is 3.97. The number of aromatic nitrogens is 1. The molecule has 3 rings (SSSR count). The van der Waals surface area contributed by atoms with Gasteiger partial charge in [0.15, 0.2) is 18.9 Å². The van der Waals surface area contributed by atoms with Crippen molar-refractivity contribution < 1.29 is 9.88 Å². The molecule has 0 saturated carbocycles. The maximum absolute atomic E-state index is 4.56. The number of nitrogens with two attached hydrogens (primary N) is 1. The van der Waals surface area contributed by atoms with Gasteiger partial charge in [0.1, 0.15) is 6.54 Å². The molecule has 3 aromatic rings. The molecule has 0 saturated heterocycles. The predicted octanol–water partition coefficient (Wildman–Crippen LogP) is 5.80. The number of hydrogen-bond acceptors (Lipinski definition) is 4. The summed E-state index contributed by atoms with van der Waals surface area (Å²) in [6, 6.07) is 23.1. The quantitative estimate of drug-likeness (QED) is 0.113. The number of benzene rings is 2. The Morgan fingerprint density at radius 2 is 1.66 bits per heavy atom. The van der Waals surface area contributed by atoms with Gasteiger partial charge in [0.25, 0.3) is 0 Å². The van der Waals surface area contributed by atoms with E-state index in [0.29, 0.717) is 0 Å². The minimum absolute atomic E-state index is 0.824. The van der Waals surface area contributed by atoms with E-state index in [4.69, 9.17) is 0 Å². The number of hydrazone groups is 2. The van der Waals surface area contributed by atoms with Crippen LogP contribution in [0.15, 0.2) is 138 Å². The average molecular weight is 549 g/mol. The zero-order chi connectivity index (χ0) is 29.3. The molecule has 1 aromatic heterocycles. The Morgan fingerprint density at radius 1 is 0.951 bits per heavy atom. The molecule has 0 fully saturated rings. The predicted molar refractivity (Wildman–Crippen MR) is 173 cm³/mol. The number of unbranched alkanes of at least 4 members (excludes halogenated alkanes) is 1. The Balaban J connectivity index is 1.46. The van der Waals surface area contributed by atoms with Crippen LogP contribution in [0.5, 0.6) is 0 Å².